The van der Waals surface area contributed by atoms with Crippen molar-refractivity contribution in [3.63, 3.8) is 0 Å². The predicted octanol–water partition coefficient (Wildman–Crippen LogP) is 4.55. The van der Waals surface area contributed by atoms with Crippen molar-refractivity contribution in [1.29, 1.82) is 0 Å². The van der Waals surface area contributed by atoms with Crippen LogP contribution in [0.5, 0.6) is 0 Å². The normalized spacial score (nSPS) is 11.4. The number of aryl methyl sites for hydroxylation is 1. The highest BCUT2D eigenvalue weighted by Crippen LogP contribution is 2.29. The first-order valence-electron chi connectivity index (χ1n) is 10.1. The van der Waals surface area contributed by atoms with Gasteiger partial charge in [-0.1, -0.05) is 18.2 Å². The number of hydrogen-bond donors (Lipinski definition) is 2. The molecule has 0 spiro atoms. The van der Waals surface area contributed by atoms with E-state index in [0.717, 1.165) is 0 Å². The molecule has 0 fully saturated rings. The highest BCUT2D eigenvalue weighted by Gasteiger charge is 2.17. The fourth-order valence-corrected chi connectivity index (χ4v) is 4.46. The second-order valence-electron chi connectivity index (χ2n) is 7.10. The Morgan fingerprint density at radius 2 is 1.88 bits per heavy atom. The molecule has 8 nitrogen and oxygen atoms in total. The first kappa shape index (κ1) is 24.1. The summed E-state index contributed by atoms with van der Waals surface area (Å²) in [6.45, 7) is 4.78. The van der Waals surface area contributed by atoms with Gasteiger partial charge in [0.1, 0.15) is 0 Å². The van der Waals surface area contributed by atoms with Gasteiger partial charge in [0.25, 0.3) is 0 Å². The van der Waals surface area contributed by atoms with Crippen LogP contribution in [0.3, 0.4) is 0 Å². The summed E-state index contributed by atoms with van der Waals surface area (Å²) in [4.78, 5) is 30.4. The molecule has 0 aliphatic rings. The summed E-state index contributed by atoms with van der Waals surface area (Å²) in [5, 5.41) is 5.01. The number of aromatic nitrogens is 1. The number of thiazole rings is 1. The van der Waals surface area contributed by atoms with E-state index in [2.05, 4.69) is 15.0 Å². The van der Waals surface area contributed by atoms with Gasteiger partial charge in [0.05, 0.1) is 22.8 Å². The van der Waals surface area contributed by atoms with Crippen LogP contribution in [0.25, 0.3) is 6.08 Å². The van der Waals surface area contributed by atoms with Crippen molar-refractivity contribution >= 4 is 61.4 Å². The van der Waals surface area contributed by atoms with Gasteiger partial charge in [-0.2, -0.15) is 0 Å². The molecule has 33 heavy (non-hydrogen) atoms. The van der Waals surface area contributed by atoms with Crippen LogP contribution >= 0.6 is 11.3 Å². The van der Waals surface area contributed by atoms with Gasteiger partial charge in [0.15, 0.2) is 5.13 Å². The average Bonchev–Trinajstić information content (AvgIpc) is 3.23. The predicted molar refractivity (Wildman–Crippen MR) is 133 cm³/mol. The number of nitrogens with zero attached hydrogens (tertiary/aromatic N) is 2. The summed E-state index contributed by atoms with van der Waals surface area (Å²) in [6, 6.07) is 14.1. The molecule has 0 radical (unpaired) electrons. The zero-order valence-corrected chi connectivity index (χ0v) is 20.0. The van der Waals surface area contributed by atoms with Crippen molar-refractivity contribution in [2.45, 2.75) is 20.8 Å². The van der Waals surface area contributed by atoms with Crippen LogP contribution in [-0.2, 0) is 19.6 Å². The van der Waals surface area contributed by atoms with Gasteiger partial charge in [-0.25, -0.2) is 13.4 Å². The smallest absolute Gasteiger partial charge is 0.248 e. The van der Waals surface area contributed by atoms with Crippen molar-refractivity contribution in [2.24, 2.45) is 0 Å². The van der Waals surface area contributed by atoms with Gasteiger partial charge in [0, 0.05) is 24.1 Å². The molecule has 1 heterocycles. The lowest BCUT2D eigenvalue weighted by Crippen LogP contribution is -2.22. The molecule has 2 aromatic carbocycles. The van der Waals surface area contributed by atoms with Crippen molar-refractivity contribution in [1.82, 2.24) is 4.98 Å². The monoisotopic (exact) mass is 484 g/mol. The zero-order chi connectivity index (χ0) is 24.0. The summed E-state index contributed by atoms with van der Waals surface area (Å²) in [6.07, 6.45) is 2.91. The van der Waals surface area contributed by atoms with Crippen LogP contribution < -0.4 is 14.9 Å². The molecular formula is C23H24N4O4S2. The quantitative estimate of drug-likeness (QED) is 0.456. The number of hydrogen-bond acceptors (Lipinski definition) is 6. The van der Waals surface area contributed by atoms with E-state index < -0.39 is 10.0 Å². The van der Waals surface area contributed by atoms with Crippen LogP contribution in [0.15, 0.2) is 60.0 Å². The Bertz CT molecular complexity index is 1280. The lowest BCUT2D eigenvalue weighted by molar-refractivity contribution is -0.116. The molecule has 0 saturated heterocycles. The molecule has 2 amide bonds. The van der Waals surface area contributed by atoms with E-state index >= 15 is 0 Å². The Hall–Kier alpha value is -3.50. The van der Waals surface area contributed by atoms with Gasteiger partial charge in [-0.05, 0) is 55.8 Å². The maximum absolute atomic E-state index is 12.3. The summed E-state index contributed by atoms with van der Waals surface area (Å²) in [5.74, 6) is -0.551. The minimum Gasteiger partial charge on any atom is -0.323 e. The lowest BCUT2D eigenvalue weighted by Gasteiger charge is -2.17. The van der Waals surface area contributed by atoms with Crippen LogP contribution in [0.4, 0.5) is 22.2 Å². The second-order valence-corrected chi connectivity index (χ2v) is 9.95. The maximum atomic E-state index is 12.3. The Labute approximate surface area is 197 Å². The standard InChI is InChI=1S/C23H24N4O4S2/c1-4-33(30,31)26-21-12-10-18(14-16(21)2)24-22(29)13-11-19-15-32-23(25-19)27(17(3)28)20-8-6-5-7-9-20/h5-15,26H,4H2,1-3H3,(H,24,29). The summed E-state index contributed by atoms with van der Waals surface area (Å²) < 4.78 is 26.0. The Morgan fingerprint density at radius 3 is 2.52 bits per heavy atom. The van der Waals surface area contributed by atoms with E-state index in [1.807, 2.05) is 30.3 Å². The summed E-state index contributed by atoms with van der Waals surface area (Å²) in [7, 11) is -3.38. The molecule has 0 saturated carbocycles. The molecule has 172 valence electrons. The fourth-order valence-electron chi connectivity index (χ4n) is 2.90. The van der Waals surface area contributed by atoms with E-state index in [1.54, 1.807) is 43.5 Å². The topological polar surface area (TPSA) is 108 Å². The lowest BCUT2D eigenvalue weighted by atomic mass is 10.2. The van der Waals surface area contributed by atoms with E-state index in [0.29, 0.717) is 33.5 Å². The van der Waals surface area contributed by atoms with E-state index in [1.165, 1.54) is 29.2 Å². The summed E-state index contributed by atoms with van der Waals surface area (Å²) in [5.41, 5.74) is 2.95. The third kappa shape index (κ3) is 6.50. The number of anilines is 4. The van der Waals surface area contributed by atoms with E-state index in [9.17, 15) is 18.0 Å². The molecule has 0 aliphatic heterocycles. The number of benzene rings is 2. The molecule has 0 aliphatic carbocycles. The number of carbonyl (C=O) groups excluding carboxylic acids is 2. The van der Waals surface area contributed by atoms with Crippen LogP contribution in [0, 0.1) is 6.92 Å². The van der Waals surface area contributed by atoms with Crippen molar-refractivity contribution in [2.75, 3.05) is 20.7 Å². The van der Waals surface area contributed by atoms with Gasteiger partial charge < -0.3 is 5.32 Å². The number of sulfonamides is 1. The van der Waals surface area contributed by atoms with Gasteiger partial charge in [0.2, 0.25) is 21.8 Å². The Morgan fingerprint density at radius 1 is 1.15 bits per heavy atom. The average molecular weight is 485 g/mol. The van der Waals surface area contributed by atoms with E-state index in [4.69, 9.17) is 0 Å². The minimum atomic E-state index is -3.38. The first-order valence-corrected chi connectivity index (χ1v) is 12.6. The largest absolute Gasteiger partial charge is 0.323 e. The number of amides is 2. The van der Waals surface area contributed by atoms with Crippen molar-refractivity contribution < 1.29 is 18.0 Å². The van der Waals surface area contributed by atoms with Gasteiger partial charge >= 0.3 is 0 Å². The second kappa shape index (κ2) is 10.4. The van der Waals surface area contributed by atoms with Crippen LogP contribution in [0.2, 0.25) is 0 Å². The molecular weight excluding hydrogens is 460 g/mol. The number of para-hydroxylation sites is 1. The minimum absolute atomic E-state index is 0.0242. The van der Waals surface area contributed by atoms with E-state index in [-0.39, 0.29) is 17.6 Å². The van der Waals surface area contributed by atoms with Crippen LogP contribution in [0.1, 0.15) is 25.1 Å². The molecule has 2 N–H and O–H groups in total. The molecule has 0 unspecified atom stereocenters. The highest BCUT2D eigenvalue weighted by molar-refractivity contribution is 7.92. The van der Waals surface area contributed by atoms with Gasteiger partial charge in [-0.15, -0.1) is 11.3 Å². The third-order valence-corrected chi connectivity index (χ3v) is 6.71. The number of rotatable bonds is 8. The molecule has 3 rings (SSSR count). The van der Waals surface area contributed by atoms with Crippen molar-refractivity contribution in [3.05, 3.63) is 71.2 Å². The summed E-state index contributed by atoms with van der Waals surface area (Å²) >= 11 is 1.30. The number of carbonyl (C=O) groups is 2. The SMILES string of the molecule is CCS(=O)(=O)Nc1ccc(NC(=O)C=Cc2csc(N(C(C)=O)c3ccccc3)n2)cc1C. The molecule has 0 bridgehead atoms. The van der Waals surface area contributed by atoms with Gasteiger partial charge in [-0.3, -0.25) is 19.2 Å². The maximum Gasteiger partial charge on any atom is 0.248 e. The highest BCUT2D eigenvalue weighted by atomic mass is 32.2. The van der Waals surface area contributed by atoms with Crippen molar-refractivity contribution in [3.8, 4) is 0 Å². The molecule has 0 atom stereocenters. The first-order chi connectivity index (χ1) is 15.7. The Balaban J connectivity index is 1.67. The molecule has 1 aromatic heterocycles. The number of nitrogens with one attached hydrogen (secondary N) is 2. The third-order valence-electron chi connectivity index (χ3n) is 4.58. The zero-order valence-electron chi connectivity index (χ0n) is 18.4. The molecule has 3 aromatic rings. The Kier molecular flexibility index (Phi) is 7.62. The van der Waals surface area contributed by atoms with Crippen LogP contribution in [-0.4, -0.2) is 31.0 Å². The fraction of sp³-hybridized carbons (Fsp3) is 0.174. The molecule has 10 heteroatoms.